The molecule has 0 saturated carbocycles. The molecule has 3 atom stereocenters. The van der Waals surface area contributed by atoms with E-state index in [1.807, 2.05) is 32.9 Å². The van der Waals surface area contributed by atoms with Gasteiger partial charge in [0, 0.05) is 18.0 Å². The second-order valence-corrected chi connectivity index (χ2v) is 11.2. The molecule has 0 radical (unpaired) electrons. The maximum atomic E-state index is 13.9. The Morgan fingerprint density at radius 2 is 2.03 bits per heavy atom. The average Bonchev–Trinajstić information content (AvgIpc) is 3.31. The average molecular weight is 538 g/mol. The quantitative estimate of drug-likeness (QED) is 0.568. The molecule has 4 bridgehead atoms. The highest BCUT2D eigenvalue weighted by molar-refractivity contribution is 5.94. The van der Waals surface area contributed by atoms with Gasteiger partial charge in [-0.3, -0.25) is 4.79 Å². The maximum absolute atomic E-state index is 13.9. The Kier molecular flexibility index (Phi) is 8.77. The predicted octanol–water partition coefficient (Wildman–Crippen LogP) is 4.66. The molecule has 0 spiro atoms. The standard InChI is InChI=1S/C30H39N3O6/c1-6-20-15-19-11-9-8-10-14-38-29(36)32-25(30(3,4)5)27(34)33-18-21(17-24(33)28(35)37-7-2)39-26-23(16-19)22(20)12-13-31-26/h6,12-13,15-16,21,24-25H,1,7-11,14,17-18H2,2-5H3,(H,32,36)/t21-,24+,25-/m1/s1. The molecule has 3 heterocycles. The van der Waals surface area contributed by atoms with Gasteiger partial charge in [-0.1, -0.05) is 39.5 Å². The van der Waals surface area contributed by atoms with Crippen molar-refractivity contribution in [2.45, 2.75) is 78.0 Å². The Hall–Kier alpha value is -3.62. The third-order valence-corrected chi connectivity index (χ3v) is 7.26. The third-order valence-electron chi connectivity index (χ3n) is 7.26. The smallest absolute Gasteiger partial charge is 0.407 e. The molecule has 2 aromatic rings. The molecular weight excluding hydrogens is 498 g/mol. The van der Waals surface area contributed by atoms with E-state index < -0.39 is 35.7 Å². The van der Waals surface area contributed by atoms with E-state index in [0.29, 0.717) is 12.3 Å². The molecule has 210 valence electrons. The van der Waals surface area contributed by atoms with Crippen LogP contribution in [0.5, 0.6) is 5.88 Å². The number of nitrogens with zero attached hydrogens (tertiary/aromatic N) is 2. The van der Waals surface area contributed by atoms with Crippen molar-refractivity contribution in [1.29, 1.82) is 0 Å². The molecule has 9 nitrogen and oxygen atoms in total. The number of ether oxygens (including phenoxy) is 3. The first-order chi connectivity index (χ1) is 18.6. The lowest BCUT2D eigenvalue weighted by Crippen LogP contribution is -2.57. The Bertz CT molecular complexity index is 1240. The van der Waals surface area contributed by atoms with E-state index in [1.54, 1.807) is 13.1 Å². The zero-order chi connectivity index (χ0) is 28.2. The Morgan fingerprint density at radius 1 is 1.23 bits per heavy atom. The fourth-order valence-electron chi connectivity index (χ4n) is 5.25. The summed E-state index contributed by atoms with van der Waals surface area (Å²) in [5.74, 6) is -0.429. The second-order valence-electron chi connectivity index (χ2n) is 11.2. The SMILES string of the molecule is C=Cc1cc2cc3c(nccc13)O[C@@H]1C[C@@H](C(=O)OCC)N(C1)C(=O)[C@H](C(C)(C)C)NC(=O)OCCCCC2. The number of pyridine rings is 1. The number of benzene rings is 1. The number of alkyl carbamates (subject to hydrolysis) is 1. The molecule has 1 aromatic carbocycles. The molecular formula is C30H39N3O6. The summed E-state index contributed by atoms with van der Waals surface area (Å²) in [6, 6.07) is 4.40. The minimum atomic E-state index is -0.909. The first-order valence-electron chi connectivity index (χ1n) is 13.7. The van der Waals surface area contributed by atoms with Crippen LogP contribution in [0.25, 0.3) is 16.8 Å². The van der Waals surface area contributed by atoms with Gasteiger partial charge in [-0.05, 0) is 66.7 Å². The summed E-state index contributed by atoms with van der Waals surface area (Å²) in [5.41, 5.74) is 1.49. The summed E-state index contributed by atoms with van der Waals surface area (Å²) in [4.78, 5) is 45.5. The molecule has 1 aromatic heterocycles. The summed E-state index contributed by atoms with van der Waals surface area (Å²) >= 11 is 0. The van der Waals surface area contributed by atoms with Crippen LogP contribution in [0.15, 0.2) is 31.0 Å². The van der Waals surface area contributed by atoms with E-state index in [4.69, 9.17) is 14.2 Å². The Balaban J connectivity index is 1.75. The van der Waals surface area contributed by atoms with E-state index in [-0.39, 0.29) is 32.1 Å². The van der Waals surface area contributed by atoms with Gasteiger partial charge < -0.3 is 24.4 Å². The van der Waals surface area contributed by atoms with Gasteiger partial charge in [0.25, 0.3) is 0 Å². The fraction of sp³-hybridized carbons (Fsp3) is 0.533. The number of rotatable bonds is 3. The summed E-state index contributed by atoms with van der Waals surface area (Å²) in [5, 5.41) is 4.60. The maximum Gasteiger partial charge on any atom is 0.407 e. The van der Waals surface area contributed by atoms with Crippen LogP contribution in [0.3, 0.4) is 0 Å². The van der Waals surface area contributed by atoms with Crippen molar-refractivity contribution in [3.05, 3.63) is 42.1 Å². The summed E-state index contributed by atoms with van der Waals surface area (Å²) in [7, 11) is 0. The van der Waals surface area contributed by atoms with Crippen LogP contribution in [-0.4, -0.2) is 65.8 Å². The minimum Gasteiger partial charge on any atom is -0.472 e. The number of cyclic esters (lactones) is 1. The monoisotopic (exact) mass is 537 g/mol. The van der Waals surface area contributed by atoms with Gasteiger partial charge in [0.2, 0.25) is 11.8 Å². The predicted molar refractivity (Wildman–Crippen MR) is 148 cm³/mol. The number of hydrogen-bond donors (Lipinski definition) is 1. The highest BCUT2D eigenvalue weighted by Gasteiger charge is 2.46. The minimum absolute atomic E-state index is 0.150. The lowest BCUT2D eigenvalue weighted by atomic mass is 9.85. The van der Waals surface area contributed by atoms with Crippen LogP contribution in [0.2, 0.25) is 0 Å². The van der Waals surface area contributed by atoms with E-state index in [1.165, 1.54) is 4.90 Å². The largest absolute Gasteiger partial charge is 0.472 e. The normalized spacial score (nSPS) is 22.9. The van der Waals surface area contributed by atoms with Crippen molar-refractivity contribution < 1.29 is 28.6 Å². The zero-order valence-corrected chi connectivity index (χ0v) is 23.3. The number of amides is 2. The Morgan fingerprint density at radius 3 is 2.74 bits per heavy atom. The summed E-state index contributed by atoms with van der Waals surface area (Å²) in [6.07, 6.45) is 5.98. The highest BCUT2D eigenvalue weighted by atomic mass is 16.5. The Labute approximate surface area is 229 Å². The highest BCUT2D eigenvalue weighted by Crippen LogP contribution is 2.33. The van der Waals surface area contributed by atoms with Crippen LogP contribution in [0, 0.1) is 5.41 Å². The van der Waals surface area contributed by atoms with E-state index in [9.17, 15) is 14.4 Å². The number of aromatic nitrogens is 1. The van der Waals surface area contributed by atoms with Gasteiger partial charge in [0.1, 0.15) is 18.2 Å². The van der Waals surface area contributed by atoms with Crippen LogP contribution < -0.4 is 10.1 Å². The second kappa shape index (κ2) is 12.1. The number of aryl methyl sites for hydroxylation is 1. The number of carbonyl (C=O) groups excluding carboxylic acids is 3. The summed E-state index contributed by atoms with van der Waals surface area (Å²) < 4.78 is 17.1. The first kappa shape index (κ1) is 28.4. The van der Waals surface area contributed by atoms with Crippen molar-refractivity contribution in [3.63, 3.8) is 0 Å². The van der Waals surface area contributed by atoms with Gasteiger partial charge in [-0.25, -0.2) is 14.6 Å². The number of fused-ring (bicyclic) bond motifs is 3. The van der Waals surface area contributed by atoms with E-state index >= 15 is 0 Å². The fourth-order valence-corrected chi connectivity index (χ4v) is 5.25. The number of esters is 1. The van der Waals surface area contributed by atoms with Crippen molar-refractivity contribution in [3.8, 4) is 5.88 Å². The number of nitrogens with one attached hydrogen (secondary N) is 1. The van der Waals surface area contributed by atoms with E-state index in [0.717, 1.165) is 41.2 Å². The van der Waals surface area contributed by atoms with Crippen LogP contribution >= 0.6 is 0 Å². The zero-order valence-electron chi connectivity index (χ0n) is 23.3. The molecule has 2 amide bonds. The van der Waals surface area contributed by atoms with Crippen molar-refractivity contribution >= 4 is 34.8 Å². The molecule has 2 aliphatic rings. The molecule has 1 N–H and O–H groups in total. The number of hydrogen-bond acceptors (Lipinski definition) is 7. The molecule has 39 heavy (non-hydrogen) atoms. The van der Waals surface area contributed by atoms with Crippen molar-refractivity contribution in [2.24, 2.45) is 5.41 Å². The van der Waals surface area contributed by atoms with Gasteiger partial charge in [0.15, 0.2) is 0 Å². The number of carbonyl (C=O) groups is 3. The van der Waals surface area contributed by atoms with Crippen molar-refractivity contribution in [2.75, 3.05) is 19.8 Å². The van der Waals surface area contributed by atoms with Gasteiger partial charge in [-0.2, -0.15) is 0 Å². The van der Waals surface area contributed by atoms with Crippen LogP contribution in [0.4, 0.5) is 4.79 Å². The topological polar surface area (TPSA) is 107 Å². The lowest BCUT2D eigenvalue weighted by Gasteiger charge is -2.34. The van der Waals surface area contributed by atoms with Crippen molar-refractivity contribution in [1.82, 2.24) is 15.2 Å². The molecule has 4 rings (SSSR count). The summed E-state index contributed by atoms with van der Waals surface area (Å²) in [6.45, 7) is 11.9. The molecule has 0 unspecified atom stereocenters. The molecule has 0 aliphatic carbocycles. The van der Waals surface area contributed by atoms with E-state index in [2.05, 4.69) is 29.0 Å². The molecule has 2 aliphatic heterocycles. The molecule has 1 saturated heterocycles. The molecule has 1 fully saturated rings. The van der Waals surface area contributed by atoms with Gasteiger partial charge in [0.05, 0.1) is 19.8 Å². The lowest BCUT2D eigenvalue weighted by molar-refractivity contribution is -0.154. The van der Waals surface area contributed by atoms with Crippen LogP contribution in [-0.2, 0) is 25.5 Å². The molecule has 9 heteroatoms. The van der Waals surface area contributed by atoms with Gasteiger partial charge >= 0.3 is 12.1 Å². The third kappa shape index (κ3) is 6.52. The van der Waals surface area contributed by atoms with Gasteiger partial charge in [-0.15, -0.1) is 0 Å². The van der Waals surface area contributed by atoms with Crippen LogP contribution in [0.1, 0.15) is 64.5 Å². The first-order valence-corrected chi connectivity index (χ1v) is 13.7.